The first kappa shape index (κ1) is 14.9. The molecule has 0 amide bonds. The molecule has 0 saturated carbocycles. The van der Waals surface area contributed by atoms with E-state index in [1.165, 1.54) is 57.4 Å². The molecule has 2 aliphatic heterocycles. The van der Waals surface area contributed by atoms with Crippen LogP contribution in [0.4, 0.5) is 5.69 Å². The summed E-state index contributed by atoms with van der Waals surface area (Å²) in [6.07, 6.45) is 6.50. The van der Waals surface area contributed by atoms with E-state index in [0.717, 1.165) is 24.1 Å². The molecule has 2 fully saturated rings. The maximum Gasteiger partial charge on any atom is 0.0346 e. The molecule has 21 heavy (non-hydrogen) atoms. The molecule has 0 radical (unpaired) electrons. The van der Waals surface area contributed by atoms with Gasteiger partial charge in [0.1, 0.15) is 0 Å². The SMILES string of the molecule is CN1CCCC2CN(CCCc3ccccc3N)CCC21. The largest absolute Gasteiger partial charge is 0.399 e. The van der Waals surface area contributed by atoms with E-state index in [0.29, 0.717) is 0 Å². The molecule has 116 valence electrons. The number of para-hydroxylation sites is 1. The van der Waals surface area contributed by atoms with Gasteiger partial charge in [0.15, 0.2) is 0 Å². The van der Waals surface area contributed by atoms with E-state index in [4.69, 9.17) is 5.73 Å². The average molecular weight is 287 g/mol. The highest BCUT2D eigenvalue weighted by molar-refractivity contribution is 5.46. The maximum atomic E-state index is 6.02. The van der Waals surface area contributed by atoms with Gasteiger partial charge in [0.05, 0.1) is 0 Å². The first-order valence-electron chi connectivity index (χ1n) is 8.50. The summed E-state index contributed by atoms with van der Waals surface area (Å²) in [5.74, 6) is 0.902. The summed E-state index contributed by atoms with van der Waals surface area (Å²) < 4.78 is 0. The highest BCUT2D eigenvalue weighted by Crippen LogP contribution is 2.29. The summed E-state index contributed by atoms with van der Waals surface area (Å²) in [5.41, 5.74) is 8.28. The number of nitrogens with zero attached hydrogens (tertiary/aromatic N) is 2. The highest BCUT2D eigenvalue weighted by atomic mass is 15.2. The lowest BCUT2D eigenvalue weighted by molar-refractivity contribution is 0.0383. The molecule has 1 aromatic rings. The number of hydrogen-bond donors (Lipinski definition) is 1. The van der Waals surface area contributed by atoms with Crippen molar-refractivity contribution < 1.29 is 0 Å². The lowest BCUT2D eigenvalue weighted by Gasteiger charge is -2.46. The van der Waals surface area contributed by atoms with Crippen LogP contribution in [-0.2, 0) is 6.42 Å². The minimum Gasteiger partial charge on any atom is -0.399 e. The van der Waals surface area contributed by atoms with E-state index in [1.807, 2.05) is 12.1 Å². The second kappa shape index (κ2) is 6.80. The molecule has 3 nitrogen and oxygen atoms in total. The zero-order valence-electron chi connectivity index (χ0n) is 13.3. The molecule has 2 heterocycles. The predicted octanol–water partition coefficient (Wildman–Crippen LogP) is 2.62. The van der Waals surface area contributed by atoms with E-state index in [1.54, 1.807) is 0 Å². The Bertz CT molecular complexity index is 460. The normalized spacial score (nSPS) is 27.5. The number of likely N-dealkylation sites (tertiary alicyclic amines) is 2. The number of fused-ring (bicyclic) bond motifs is 1. The number of aryl methyl sites for hydroxylation is 1. The maximum absolute atomic E-state index is 6.02. The molecule has 0 aliphatic carbocycles. The van der Waals surface area contributed by atoms with Crippen LogP contribution in [0.15, 0.2) is 24.3 Å². The molecule has 2 aliphatic rings. The van der Waals surface area contributed by atoms with Crippen molar-refractivity contribution in [1.29, 1.82) is 0 Å². The molecular formula is C18H29N3. The van der Waals surface area contributed by atoms with Crippen LogP contribution < -0.4 is 5.73 Å². The van der Waals surface area contributed by atoms with Gasteiger partial charge in [-0.25, -0.2) is 0 Å². The molecule has 2 unspecified atom stereocenters. The molecule has 3 heteroatoms. The van der Waals surface area contributed by atoms with Gasteiger partial charge in [0.2, 0.25) is 0 Å². The van der Waals surface area contributed by atoms with Crippen molar-refractivity contribution in [2.24, 2.45) is 5.92 Å². The van der Waals surface area contributed by atoms with Gasteiger partial charge in [-0.3, -0.25) is 0 Å². The quantitative estimate of drug-likeness (QED) is 0.864. The molecule has 0 bridgehead atoms. The van der Waals surface area contributed by atoms with Gasteiger partial charge in [0.25, 0.3) is 0 Å². The number of benzene rings is 1. The van der Waals surface area contributed by atoms with Crippen molar-refractivity contribution in [3.05, 3.63) is 29.8 Å². The third kappa shape index (κ3) is 3.58. The van der Waals surface area contributed by atoms with Crippen LogP contribution in [0.3, 0.4) is 0 Å². The second-order valence-corrected chi connectivity index (χ2v) is 6.84. The predicted molar refractivity (Wildman–Crippen MR) is 89.4 cm³/mol. The number of piperidine rings is 2. The molecule has 0 spiro atoms. The fourth-order valence-electron chi connectivity index (χ4n) is 4.19. The van der Waals surface area contributed by atoms with Gasteiger partial charge < -0.3 is 15.5 Å². The Morgan fingerprint density at radius 1 is 1.19 bits per heavy atom. The lowest BCUT2D eigenvalue weighted by atomic mass is 9.84. The zero-order chi connectivity index (χ0) is 14.7. The Morgan fingerprint density at radius 3 is 2.90 bits per heavy atom. The van der Waals surface area contributed by atoms with E-state index in [9.17, 15) is 0 Å². The average Bonchev–Trinajstić information content (AvgIpc) is 2.49. The van der Waals surface area contributed by atoms with Crippen molar-refractivity contribution in [3.8, 4) is 0 Å². The number of rotatable bonds is 4. The minimum atomic E-state index is 0.847. The van der Waals surface area contributed by atoms with Crippen LogP contribution in [0.1, 0.15) is 31.2 Å². The van der Waals surface area contributed by atoms with Crippen molar-refractivity contribution >= 4 is 5.69 Å². The topological polar surface area (TPSA) is 32.5 Å². The molecule has 2 N–H and O–H groups in total. The van der Waals surface area contributed by atoms with E-state index in [2.05, 4.69) is 29.0 Å². The number of anilines is 1. The van der Waals surface area contributed by atoms with E-state index >= 15 is 0 Å². The first-order chi connectivity index (χ1) is 10.2. The van der Waals surface area contributed by atoms with Crippen molar-refractivity contribution in [2.45, 2.75) is 38.1 Å². The summed E-state index contributed by atoms with van der Waals surface area (Å²) in [7, 11) is 2.31. The minimum absolute atomic E-state index is 0.847. The number of nitrogen functional groups attached to an aromatic ring is 1. The van der Waals surface area contributed by atoms with E-state index in [-0.39, 0.29) is 0 Å². The molecule has 2 atom stereocenters. The Morgan fingerprint density at radius 2 is 2.05 bits per heavy atom. The molecule has 3 rings (SSSR count). The summed E-state index contributed by atoms with van der Waals surface area (Å²) in [6.45, 7) is 5.10. The number of nitrogens with two attached hydrogens (primary N) is 1. The molecule has 2 saturated heterocycles. The Hall–Kier alpha value is -1.06. The van der Waals surface area contributed by atoms with Gasteiger partial charge in [-0.05, 0) is 76.3 Å². The van der Waals surface area contributed by atoms with Crippen LogP contribution >= 0.6 is 0 Å². The van der Waals surface area contributed by atoms with Crippen molar-refractivity contribution in [2.75, 3.05) is 39.0 Å². The summed E-state index contributed by atoms with van der Waals surface area (Å²) in [6, 6.07) is 9.13. The van der Waals surface area contributed by atoms with Gasteiger partial charge in [-0.2, -0.15) is 0 Å². The zero-order valence-corrected chi connectivity index (χ0v) is 13.3. The van der Waals surface area contributed by atoms with Crippen LogP contribution in [0, 0.1) is 5.92 Å². The number of hydrogen-bond acceptors (Lipinski definition) is 3. The van der Waals surface area contributed by atoms with Crippen LogP contribution in [0.25, 0.3) is 0 Å². The first-order valence-corrected chi connectivity index (χ1v) is 8.50. The van der Waals surface area contributed by atoms with Gasteiger partial charge in [-0.1, -0.05) is 18.2 Å². The fourth-order valence-corrected chi connectivity index (χ4v) is 4.19. The molecular weight excluding hydrogens is 258 g/mol. The lowest BCUT2D eigenvalue weighted by Crippen LogP contribution is -2.52. The Kier molecular flexibility index (Phi) is 4.81. The summed E-state index contributed by atoms with van der Waals surface area (Å²) in [4.78, 5) is 5.27. The smallest absolute Gasteiger partial charge is 0.0346 e. The summed E-state index contributed by atoms with van der Waals surface area (Å²) >= 11 is 0. The standard InChI is InChI=1S/C18H29N3/c1-20-11-4-8-16-14-21(13-10-18(16)20)12-5-7-15-6-2-3-9-17(15)19/h2-3,6,9,16,18H,4-5,7-8,10-14,19H2,1H3. The van der Waals surface area contributed by atoms with Crippen LogP contribution in [0.2, 0.25) is 0 Å². The van der Waals surface area contributed by atoms with Gasteiger partial charge >= 0.3 is 0 Å². The van der Waals surface area contributed by atoms with Crippen molar-refractivity contribution in [1.82, 2.24) is 9.80 Å². The van der Waals surface area contributed by atoms with Gasteiger partial charge in [0, 0.05) is 18.3 Å². The van der Waals surface area contributed by atoms with Crippen molar-refractivity contribution in [3.63, 3.8) is 0 Å². The van der Waals surface area contributed by atoms with Crippen LogP contribution in [-0.4, -0.2) is 49.1 Å². The van der Waals surface area contributed by atoms with Gasteiger partial charge in [-0.15, -0.1) is 0 Å². The van der Waals surface area contributed by atoms with Crippen LogP contribution in [0.5, 0.6) is 0 Å². The third-order valence-corrected chi connectivity index (χ3v) is 5.41. The molecule has 1 aromatic carbocycles. The fraction of sp³-hybridized carbons (Fsp3) is 0.667. The summed E-state index contributed by atoms with van der Waals surface area (Å²) in [5, 5.41) is 0. The second-order valence-electron chi connectivity index (χ2n) is 6.84. The Labute approximate surface area is 129 Å². The third-order valence-electron chi connectivity index (χ3n) is 5.41. The Balaban J connectivity index is 1.45. The molecule has 0 aromatic heterocycles. The highest BCUT2D eigenvalue weighted by Gasteiger charge is 2.33. The monoisotopic (exact) mass is 287 g/mol. The van der Waals surface area contributed by atoms with E-state index < -0.39 is 0 Å².